The van der Waals surface area contributed by atoms with Crippen LogP contribution < -0.4 is 10.9 Å². The maximum atomic E-state index is 12.6. The first kappa shape index (κ1) is 17.1. The van der Waals surface area contributed by atoms with Gasteiger partial charge in [-0.3, -0.25) is 14.2 Å². The third-order valence-electron chi connectivity index (χ3n) is 3.55. The Hall–Kier alpha value is -2.71. The van der Waals surface area contributed by atoms with E-state index in [1.54, 1.807) is 31.2 Å². The number of benzene rings is 1. The Bertz CT molecular complexity index is 1040. The van der Waals surface area contributed by atoms with Crippen LogP contribution in [-0.4, -0.2) is 26.5 Å². The maximum absolute atomic E-state index is 12.6. The van der Waals surface area contributed by atoms with Gasteiger partial charge in [-0.25, -0.2) is 9.78 Å². The highest BCUT2D eigenvalue weighted by Gasteiger charge is 2.19. The molecule has 1 amide bonds. The Labute approximate surface area is 150 Å². The molecule has 0 aliphatic carbocycles. The zero-order chi connectivity index (χ0) is 18.1. The van der Waals surface area contributed by atoms with E-state index in [2.05, 4.69) is 10.3 Å². The number of anilines is 1. The average molecular weight is 378 g/mol. The van der Waals surface area contributed by atoms with Crippen molar-refractivity contribution in [3.8, 4) is 0 Å². The minimum Gasteiger partial charge on any atom is -0.477 e. The minimum absolute atomic E-state index is 0.0722. The Morgan fingerprint density at radius 2 is 2.00 bits per heavy atom. The van der Waals surface area contributed by atoms with Gasteiger partial charge in [-0.05, 0) is 36.8 Å². The van der Waals surface area contributed by atoms with Crippen molar-refractivity contribution < 1.29 is 14.7 Å². The Morgan fingerprint density at radius 3 is 2.64 bits per heavy atom. The first-order valence-corrected chi connectivity index (χ1v) is 8.33. The van der Waals surface area contributed by atoms with Crippen molar-refractivity contribution >= 4 is 50.7 Å². The lowest BCUT2D eigenvalue weighted by atomic mass is 10.2. The number of amides is 1. The van der Waals surface area contributed by atoms with Crippen LogP contribution in [0, 0.1) is 6.92 Å². The fourth-order valence-corrected chi connectivity index (χ4v) is 3.47. The van der Waals surface area contributed by atoms with Crippen molar-refractivity contribution in [1.29, 1.82) is 0 Å². The van der Waals surface area contributed by atoms with Gasteiger partial charge in [0, 0.05) is 10.7 Å². The molecule has 0 unspecified atom stereocenters. The van der Waals surface area contributed by atoms with Crippen molar-refractivity contribution in [3.63, 3.8) is 0 Å². The summed E-state index contributed by atoms with van der Waals surface area (Å²) in [5, 5.41) is 12.6. The van der Waals surface area contributed by atoms with Crippen LogP contribution in [0.15, 0.2) is 35.4 Å². The molecule has 2 heterocycles. The molecule has 128 valence electrons. The fourth-order valence-electron chi connectivity index (χ4n) is 2.36. The van der Waals surface area contributed by atoms with Crippen LogP contribution in [0.25, 0.3) is 10.2 Å². The highest BCUT2D eigenvalue weighted by Crippen LogP contribution is 2.26. The average Bonchev–Trinajstić information content (AvgIpc) is 2.90. The van der Waals surface area contributed by atoms with Crippen molar-refractivity contribution in [2.75, 3.05) is 5.32 Å². The molecule has 0 bridgehead atoms. The number of aromatic carboxylic acids is 1. The maximum Gasteiger partial charge on any atom is 0.346 e. The van der Waals surface area contributed by atoms with Gasteiger partial charge in [0.25, 0.3) is 5.56 Å². The molecule has 2 N–H and O–H groups in total. The summed E-state index contributed by atoms with van der Waals surface area (Å²) in [6.07, 6.45) is 1.24. The number of carboxylic acids is 1. The number of thiophene rings is 1. The number of carboxylic acid groups (broad SMARTS) is 1. The zero-order valence-corrected chi connectivity index (χ0v) is 14.5. The monoisotopic (exact) mass is 377 g/mol. The summed E-state index contributed by atoms with van der Waals surface area (Å²) < 4.78 is 1.15. The number of rotatable bonds is 4. The summed E-state index contributed by atoms with van der Waals surface area (Å²) >= 11 is 6.73. The van der Waals surface area contributed by atoms with Crippen molar-refractivity contribution in [2.45, 2.75) is 13.5 Å². The summed E-state index contributed by atoms with van der Waals surface area (Å²) in [6.45, 7) is 1.32. The molecule has 9 heteroatoms. The predicted molar refractivity (Wildman–Crippen MR) is 95.7 cm³/mol. The minimum atomic E-state index is -1.10. The number of aromatic nitrogens is 2. The first-order valence-electron chi connectivity index (χ1n) is 7.14. The van der Waals surface area contributed by atoms with Crippen molar-refractivity contribution in [2.24, 2.45) is 0 Å². The van der Waals surface area contributed by atoms with E-state index < -0.39 is 17.4 Å². The number of hydrogen-bond acceptors (Lipinski definition) is 5. The topological polar surface area (TPSA) is 101 Å². The van der Waals surface area contributed by atoms with Gasteiger partial charge in [-0.2, -0.15) is 0 Å². The molecule has 0 spiro atoms. The molecule has 0 saturated carbocycles. The first-order chi connectivity index (χ1) is 11.9. The summed E-state index contributed by atoms with van der Waals surface area (Å²) in [5.74, 6) is -1.51. The van der Waals surface area contributed by atoms with Crippen molar-refractivity contribution in [1.82, 2.24) is 9.55 Å². The lowest BCUT2D eigenvalue weighted by Crippen LogP contribution is -2.27. The number of halogens is 1. The molecular formula is C16H12ClN3O4S. The summed E-state index contributed by atoms with van der Waals surface area (Å²) in [6, 6.07) is 6.57. The zero-order valence-electron chi connectivity index (χ0n) is 12.9. The quantitative estimate of drug-likeness (QED) is 0.728. The molecule has 0 aliphatic heterocycles. The number of carbonyl (C=O) groups excluding carboxylic acids is 1. The highest BCUT2D eigenvalue weighted by molar-refractivity contribution is 7.20. The highest BCUT2D eigenvalue weighted by atomic mass is 35.5. The largest absolute Gasteiger partial charge is 0.477 e. The number of aryl methyl sites for hydroxylation is 1. The van der Waals surface area contributed by atoms with Gasteiger partial charge in [0.05, 0.1) is 11.7 Å². The van der Waals surface area contributed by atoms with Crippen LogP contribution in [0.4, 0.5) is 5.69 Å². The third-order valence-corrected chi connectivity index (χ3v) is 4.99. The van der Waals surface area contributed by atoms with E-state index in [1.807, 2.05) is 0 Å². The molecule has 0 aliphatic rings. The van der Waals surface area contributed by atoms with Gasteiger partial charge in [-0.1, -0.05) is 11.6 Å². The Morgan fingerprint density at radius 1 is 1.32 bits per heavy atom. The van der Waals surface area contributed by atoms with E-state index in [4.69, 9.17) is 16.7 Å². The van der Waals surface area contributed by atoms with E-state index >= 15 is 0 Å². The normalized spacial score (nSPS) is 10.8. The molecule has 0 radical (unpaired) electrons. The number of nitrogens with zero attached hydrogens (tertiary/aromatic N) is 2. The van der Waals surface area contributed by atoms with Crippen LogP contribution in [0.3, 0.4) is 0 Å². The van der Waals surface area contributed by atoms with E-state index in [0.29, 0.717) is 21.1 Å². The van der Waals surface area contributed by atoms with Crippen LogP contribution >= 0.6 is 22.9 Å². The van der Waals surface area contributed by atoms with Crippen LogP contribution in [-0.2, 0) is 11.3 Å². The van der Waals surface area contributed by atoms with Gasteiger partial charge in [0.2, 0.25) is 5.91 Å². The van der Waals surface area contributed by atoms with Gasteiger partial charge >= 0.3 is 5.97 Å². The molecule has 7 nitrogen and oxygen atoms in total. The predicted octanol–water partition coefficient (Wildman–Crippen LogP) is 2.76. The van der Waals surface area contributed by atoms with Gasteiger partial charge < -0.3 is 10.4 Å². The molecule has 25 heavy (non-hydrogen) atoms. The molecule has 0 atom stereocenters. The lowest BCUT2D eigenvalue weighted by molar-refractivity contribution is -0.116. The van der Waals surface area contributed by atoms with Crippen LogP contribution in [0.2, 0.25) is 5.02 Å². The number of carbonyl (C=O) groups is 2. The van der Waals surface area contributed by atoms with E-state index in [0.717, 1.165) is 15.9 Å². The van der Waals surface area contributed by atoms with Crippen LogP contribution in [0.1, 0.15) is 15.2 Å². The molecular weight excluding hydrogens is 366 g/mol. The Kier molecular flexibility index (Phi) is 4.56. The van der Waals surface area contributed by atoms with Crippen LogP contribution in [0.5, 0.6) is 0 Å². The van der Waals surface area contributed by atoms with E-state index in [1.165, 1.54) is 6.33 Å². The molecule has 3 aromatic rings. The van der Waals surface area contributed by atoms with Crippen molar-refractivity contribution in [3.05, 3.63) is 56.4 Å². The second kappa shape index (κ2) is 6.66. The molecule has 0 fully saturated rings. The molecule has 0 saturated heterocycles. The smallest absolute Gasteiger partial charge is 0.346 e. The lowest BCUT2D eigenvalue weighted by Gasteiger charge is -2.07. The number of nitrogens with one attached hydrogen (secondary N) is 1. The second-order valence-electron chi connectivity index (χ2n) is 5.27. The van der Waals surface area contributed by atoms with Gasteiger partial charge in [0.1, 0.15) is 16.3 Å². The molecule has 1 aromatic carbocycles. The number of hydrogen-bond donors (Lipinski definition) is 2. The standard InChI is InChI=1S/C16H12ClN3O4S/c1-8-12-14(25-13(8)16(23)24)18-7-20(15(12)22)6-11(21)19-10-4-2-9(17)3-5-10/h2-5,7H,6H2,1H3,(H,19,21)(H,23,24). The Balaban J connectivity index is 1.88. The van der Waals surface area contributed by atoms with Gasteiger partial charge in [-0.15, -0.1) is 11.3 Å². The molecule has 3 rings (SSSR count). The number of fused-ring (bicyclic) bond motifs is 1. The third kappa shape index (κ3) is 3.40. The summed E-state index contributed by atoms with van der Waals surface area (Å²) in [5.41, 5.74) is 0.464. The molecule has 2 aromatic heterocycles. The summed E-state index contributed by atoms with van der Waals surface area (Å²) in [4.78, 5) is 40.4. The second-order valence-corrected chi connectivity index (χ2v) is 6.71. The van der Waals surface area contributed by atoms with E-state index in [-0.39, 0.29) is 16.8 Å². The fraction of sp³-hybridized carbons (Fsp3) is 0.125. The van der Waals surface area contributed by atoms with E-state index in [9.17, 15) is 14.4 Å². The SMILES string of the molecule is Cc1c(C(=O)O)sc2ncn(CC(=O)Nc3ccc(Cl)cc3)c(=O)c12. The summed E-state index contributed by atoms with van der Waals surface area (Å²) in [7, 11) is 0. The van der Waals surface area contributed by atoms with Gasteiger partial charge in [0.15, 0.2) is 0 Å².